The molecule has 1 aliphatic rings. The van der Waals surface area contributed by atoms with E-state index in [1.165, 1.54) is 5.56 Å². The van der Waals surface area contributed by atoms with Crippen LogP contribution in [0.2, 0.25) is 5.02 Å². The van der Waals surface area contributed by atoms with Gasteiger partial charge in [0.15, 0.2) is 0 Å². The first-order chi connectivity index (χ1) is 10.6. The Labute approximate surface area is 134 Å². The molecule has 2 aromatic carbocycles. The molecule has 0 radical (unpaired) electrons. The Kier molecular flexibility index (Phi) is 4.32. The Bertz CT molecular complexity index is 703. The van der Waals surface area contributed by atoms with E-state index in [1.807, 2.05) is 24.3 Å². The van der Waals surface area contributed by atoms with E-state index in [1.54, 1.807) is 18.2 Å². The lowest BCUT2D eigenvalue weighted by Gasteiger charge is -2.23. The van der Waals surface area contributed by atoms with Crippen molar-refractivity contribution < 1.29 is 9.90 Å². The van der Waals surface area contributed by atoms with Gasteiger partial charge in [0.25, 0.3) is 0 Å². The van der Waals surface area contributed by atoms with Crippen LogP contribution in [0.25, 0.3) is 0 Å². The van der Waals surface area contributed by atoms with E-state index in [4.69, 9.17) is 11.6 Å². The van der Waals surface area contributed by atoms with Crippen LogP contribution in [0.4, 0.5) is 16.2 Å². The van der Waals surface area contributed by atoms with Gasteiger partial charge in [-0.3, -0.25) is 0 Å². The number of carbonyl (C=O) groups is 1. The Hall–Kier alpha value is -2.04. The van der Waals surface area contributed by atoms with Gasteiger partial charge in [0.1, 0.15) is 0 Å². The number of amides is 2. The van der Waals surface area contributed by atoms with E-state index in [2.05, 4.69) is 10.6 Å². The highest BCUT2D eigenvalue weighted by Crippen LogP contribution is 2.28. The lowest BCUT2D eigenvalue weighted by molar-refractivity contribution is 0.159. The van der Waals surface area contributed by atoms with Crippen LogP contribution in [0.5, 0.6) is 0 Å². The summed E-state index contributed by atoms with van der Waals surface area (Å²) in [5.41, 5.74) is 3.49. The molecule has 2 amide bonds. The predicted octanol–water partition coefficient (Wildman–Crippen LogP) is 3.83. The van der Waals surface area contributed by atoms with Crippen molar-refractivity contribution in [1.29, 1.82) is 0 Å². The maximum absolute atomic E-state index is 12.2. The number of anilines is 2. The number of aliphatic hydroxyl groups excluding tert-OH is 1. The van der Waals surface area contributed by atoms with Crippen molar-refractivity contribution in [2.45, 2.75) is 25.4 Å². The SMILES string of the molecule is O=C(Nc1ccccc1Cl)Nc1cccc2c1C[C@@H](O)CC2. The van der Waals surface area contributed by atoms with Crippen molar-refractivity contribution in [1.82, 2.24) is 0 Å². The number of hydrogen-bond acceptors (Lipinski definition) is 2. The fraction of sp³-hybridized carbons (Fsp3) is 0.235. The molecule has 2 aromatic rings. The molecular weight excluding hydrogens is 300 g/mol. The summed E-state index contributed by atoms with van der Waals surface area (Å²) in [6, 6.07) is 12.5. The van der Waals surface area contributed by atoms with Gasteiger partial charge >= 0.3 is 6.03 Å². The zero-order valence-electron chi connectivity index (χ0n) is 12.0. The second-order valence-electron chi connectivity index (χ2n) is 5.40. The fourth-order valence-corrected chi connectivity index (χ4v) is 2.91. The summed E-state index contributed by atoms with van der Waals surface area (Å²) in [6.07, 6.45) is 1.82. The third-order valence-electron chi connectivity index (χ3n) is 3.83. The normalized spacial score (nSPS) is 16.7. The molecule has 0 saturated heterocycles. The number of hydrogen-bond donors (Lipinski definition) is 3. The highest BCUT2D eigenvalue weighted by molar-refractivity contribution is 6.33. The maximum atomic E-state index is 12.2. The van der Waals surface area contributed by atoms with Crippen molar-refractivity contribution in [2.24, 2.45) is 0 Å². The summed E-state index contributed by atoms with van der Waals surface area (Å²) >= 11 is 6.03. The number of aliphatic hydroxyl groups is 1. The van der Waals surface area contributed by atoms with Crippen molar-refractivity contribution in [2.75, 3.05) is 10.6 Å². The summed E-state index contributed by atoms with van der Waals surface area (Å²) in [6.45, 7) is 0. The molecule has 0 aromatic heterocycles. The van der Waals surface area contributed by atoms with Gasteiger partial charge in [0, 0.05) is 12.1 Å². The third-order valence-corrected chi connectivity index (χ3v) is 4.16. The summed E-state index contributed by atoms with van der Waals surface area (Å²) in [7, 11) is 0. The first-order valence-corrected chi connectivity index (χ1v) is 7.62. The second kappa shape index (κ2) is 6.38. The Morgan fingerprint density at radius 3 is 2.64 bits per heavy atom. The minimum Gasteiger partial charge on any atom is -0.393 e. The van der Waals surface area contributed by atoms with Gasteiger partial charge in [-0.05, 0) is 42.2 Å². The van der Waals surface area contributed by atoms with Crippen LogP contribution >= 0.6 is 11.6 Å². The topological polar surface area (TPSA) is 61.4 Å². The van der Waals surface area contributed by atoms with Gasteiger partial charge in [0.2, 0.25) is 0 Å². The van der Waals surface area contributed by atoms with Gasteiger partial charge in [-0.15, -0.1) is 0 Å². The van der Waals surface area contributed by atoms with Gasteiger partial charge in [-0.25, -0.2) is 4.79 Å². The van der Waals surface area contributed by atoms with Crippen LogP contribution < -0.4 is 10.6 Å². The Morgan fingerprint density at radius 2 is 1.82 bits per heavy atom. The quantitative estimate of drug-likeness (QED) is 0.788. The molecule has 0 fully saturated rings. The minimum absolute atomic E-state index is 0.345. The number of nitrogens with one attached hydrogen (secondary N) is 2. The molecular formula is C17H17ClN2O2. The van der Waals surface area contributed by atoms with E-state index in [0.717, 1.165) is 24.1 Å². The molecule has 114 valence electrons. The standard InChI is InChI=1S/C17H17ClN2O2/c18-14-5-1-2-6-16(14)20-17(22)19-15-7-3-4-11-8-9-12(21)10-13(11)15/h1-7,12,21H,8-10H2,(H2,19,20,22)/t12-/m0/s1. The highest BCUT2D eigenvalue weighted by Gasteiger charge is 2.20. The van der Waals surface area contributed by atoms with Gasteiger partial charge in [0.05, 0.1) is 16.8 Å². The van der Waals surface area contributed by atoms with Crippen LogP contribution in [-0.4, -0.2) is 17.2 Å². The van der Waals surface area contributed by atoms with Crippen molar-refractivity contribution in [3.8, 4) is 0 Å². The number of aryl methyl sites for hydroxylation is 1. The summed E-state index contributed by atoms with van der Waals surface area (Å²) in [5.74, 6) is 0. The number of rotatable bonds is 2. The smallest absolute Gasteiger partial charge is 0.323 e. The third kappa shape index (κ3) is 3.24. The average Bonchev–Trinajstić information content (AvgIpc) is 2.50. The maximum Gasteiger partial charge on any atom is 0.323 e. The highest BCUT2D eigenvalue weighted by atomic mass is 35.5. The van der Waals surface area contributed by atoms with Crippen molar-refractivity contribution in [3.05, 3.63) is 58.6 Å². The molecule has 22 heavy (non-hydrogen) atoms. The van der Waals surface area contributed by atoms with Crippen LogP contribution in [0, 0.1) is 0 Å². The van der Waals surface area contributed by atoms with Crippen molar-refractivity contribution in [3.63, 3.8) is 0 Å². The molecule has 3 rings (SSSR count). The number of halogens is 1. The molecule has 0 saturated carbocycles. The molecule has 0 bridgehead atoms. The van der Waals surface area contributed by atoms with Gasteiger partial charge < -0.3 is 15.7 Å². The molecule has 0 spiro atoms. The molecule has 5 heteroatoms. The van der Waals surface area contributed by atoms with E-state index < -0.39 is 0 Å². The molecule has 0 unspecified atom stereocenters. The summed E-state index contributed by atoms with van der Waals surface area (Å²) in [5, 5.41) is 15.9. The first kappa shape index (κ1) is 14.9. The van der Waals surface area contributed by atoms with Crippen LogP contribution in [0.1, 0.15) is 17.5 Å². The molecule has 4 nitrogen and oxygen atoms in total. The zero-order chi connectivity index (χ0) is 15.5. The van der Waals surface area contributed by atoms with E-state index >= 15 is 0 Å². The van der Waals surface area contributed by atoms with Gasteiger partial charge in [-0.2, -0.15) is 0 Å². The Morgan fingerprint density at radius 1 is 1.09 bits per heavy atom. The molecule has 3 N–H and O–H groups in total. The minimum atomic E-state index is -0.346. The van der Waals surface area contributed by atoms with Crippen LogP contribution in [0.15, 0.2) is 42.5 Å². The number of urea groups is 1. The molecule has 1 atom stereocenters. The summed E-state index contributed by atoms with van der Waals surface area (Å²) in [4.78, 5) is 12.2. The number of para-hydroxylation sites is 1. The second-order valence-corrected chi connectivity index (χ2v) is 5.81. The largest absolute Gasteiger partial charge is 0.393 e. The predicted molar refractivity (Wildman–Crippen MR) is 88.6 cm³/mol. The lowest BCUT2D eigenvalue weighted by Crippen LogP contribution is -2.24. The lowest BCUT2D eigenvalue weighted by atomic mass is 9.88. The summed E-state index contributed by atoms with van der Waals surface area (Å²) < 4.78 is 0. The molecule has 1 aliphatic carbocycles. The van der Waals surface area contributed by atoms with Crippen molar-refractivity contribution >= 4 is 29.0 Å². The fourth-order valence-electron chi connectivity index (χ4n) is 2.73. The zero-order valence-corrected chi connectivity index (χ0v) is 12.7. The van der Waals surface area contributed by atoms with Crippen LogP contribution in [-0.2, 0) is 12.8 Å². The first-order valence-electron chi connectivity index (χ1n) is 7.25. The number of benzene rings is 2. The average molecular weight is 317 g/mol. The number of carbonyl (C=O) groups excluding carboxylic acids is 1. The molecule has 0 heterocycles. The van der Waals surface area contributed by atoms with E-state index in [0.29, 0.717) is 17.1 Å². The van der Waals surface area contributed by atoms with Gasteiger partial charge in [-0.1, -0.05) is 35.9 Å². The monoisotopic (exact) mass is 316 g/mol. The molecule has 0 aliphatic heterocycles. The van der Waals surface area contributed by atoms with E-state index in [9.17, 15) is 9.90 Å². The van der Waals surface area contributed by atoms with Crippen LogP contribution in [0.3, 0.4) is 0 Å². The Balaban J connectivity index is 1.76. The van der Waals surface area contributed by atoms with E-state index in [-0.39, 0.29) is 12.1 Å². The number of fused-ring (bicyclic) bond motifs is 1.